The Kier molecular flexibility index (Phi) is 7.15. The summed E-state index contributed by atoms with van der Waals surface area (Å²) in [5.74, 6) is -0.323. The van der Waals surface area contributed by atoms with Gasteiger partial charge in [-0.05, 0) is 62.5 Å². The SMILES string of the molecule is Cc1ccc(N(CC(=O)NCc2ccccc2CN2CCCC2)S(C)(=O)=O)c(C)c1. The molecule has 1 fully saturated rings. The zero-order chi connectivity index (χ0) is 21.7. The first-order valence-corrected chi connectivity index (χ1v) is 12.2. The van der Waals surface area contributed by atoms with Gasteiger partial charge in [-0.1, -0.05) is 42.0 Å². The van der Waals surface area contributed by atoms with Crippen LogP contribution in [0.4, 0.5) is 5.69 Å². The van der Waals surface area contributed by atoms with E-state index in [4.69, 9.17) is 0 Å². The molecule has 0 atom stereocenters. The highest BCUT2D eigenvalue weighted by molar-refractivity contribution is 7.92. The zero-order valence-corrected chi connectivity index (χ0v) is 18.8. The Bertz CT molecular complexity index is 999. The molecule has 0 radical (unpaired) electrons. The van der Waals surface area contributed by atoms with E-state index < -0.39 is 10.0 Å². The molecule has 1 saturated heterocycles. The minimum atomic E-state index is -3.59. The molecule has 2 aromatic rings. The van der Waals surface area contributed by atoms with Crippen LogP contribution in [0, 0.1) is 13.8 Å². The lowest BCUT2D eigenvalue weighted by molar-refractivity contribution is -0.119. The van der Waals surface area contributed by atoms with Crippen molar-refractivity contribution in [3.05, 3.63) is 64.7 Å². The molecule has 1 aliphatic heterocycles. The molecule has 1 heterocycles. The van der Waals surface area contributed by atoms with Crippen molar-refractivity contribution in [2.45, 2.75) is 39.8 Å². The van der Waals surface area contributed by atoms with Gasteiger partial charge in [-0.25, -0.2) is 8.42 Å². The summed E-state index contributed by atoms with van der Waals surface area (Å²) in [6, 6.07) is 13.6. The molecule has 1 N–H and O–H groups in total. The lowest BCUT2D eigenvalue weighted by Crippen LogP contribution is -2.40. The van der Waals surface area contributed by atoms with Gasteiger partial charge in [-0.3, -0.25) is 14.0 Å². The predicted molar refractivity (Wildman–Crippen MR) is 121 cm³/mol. The van der Waals surface area contributed by atoms with Crippen molar-refractivity contribution in [2.75, 3.05) is 30.2 Å². The van der Waals surface area contributed by atoms with Crippen LogP contribution >= 0.6 is 0 Å². The van der Waals surface area contributed by atoms with Crippen LogP contribution in [-0.2, 0) is 27.9 Å². The third kappa shape index (κ3) is 5.83. The standard InChI is InChI=1S/C23H31N3O3S/c1-18-10-11-22(19(2)14-18)26(30(3,28)29)17-23(27)24-15-20-8-4-5-9-21(20)16-25-12-6-7-13-25/h4-5,8-11,14H,6-7,12-13,15-17H2,1-3H3,(H,24,27). The molecule has 3 rings (SSSR count). The molecule has 2 aromatic carbocycles. The van der Waals surface area contributed by atoms with Gasteiger partial charge in [-0.15, -0.1) is 0 Å². The first kappa shape index (κ1) is 22.3. The number of carbonyl (C=O) groups is 1. The highest BCUT2D eigenvalue weighted by Crippen LogP contribution is 2.23. The number of rotatable bonds is 8. The molecule has 0 saturated carbocycles. The minimum absolute atomic E-state index is 0.239. The predicted octanol–water partition coefficient (Wildman–Crippen LogP) is 2.98. The second-order valence-corrected chi connectivity index (χ2v) is 10.00. The molecular weight excluding hydrogens is 398 g/mol. The van der Waals surface area contributed by atoms with Gasteiger partial charge in [0, 0.05) is 13.1 Å². The summed E-state index contributed by atoms with van der Waals surface area (Å²) >= 11 is 0. The van der Waals surface area contributed by atoms with E-state index in [0.717, 1.165) is 42.6 Å². The quantitative estimate of drug-likeness (QED) is 0.700. The fraction of sp³-hybridized carbons (Fsp3) is 0.435. The molecule has 1 aliphatic rings. The first-order valence-electron chi connectivity index (χ1n) is 10.3. The van der Waals surface area contributed by atoms with Gasteiger partial charge in [0.15, 0.2) is 0 Å². The Hall–Kier alpha value is -2.38. The molecular formula is C23H31N3O3S. The summed E-state index contributed by atoms with van der Waals surface area (Å²) in [5, 5.41) is 2.90. The highest BCUT2D eigenvalue weighted by Gasteiger charge is 2.22. The Morgan fingerprint density at radius 1 is 1.07 bits per heavy atom. The number of aryl methyl sites for hydroxylation is 2. The Labute approximate surface area is 179 Å². The summed E-state index contributed by atoms with van der Waals surface area (Å²) < 4.78 is 25.9. The van der Waals surface area contributed by atoms with Crippen molar-refractivity contribution in [3.8, 4) is 0 Å². The molecule has 30 heavy (non-hydrogen) atoms. The van der Waals surface area contributed by atoms with Gasteiger partial charge in [0.25, 0.3) is 0 Å². The van der Waals surface area contributed by atoms with Crippen LogP contribution in [0.1, 0.15) is 35.1 Å². The first-order chi connectivity index (χ1) is 14.2. The van der Waals surface area contributed by atoms with E-state index in [9.17, 15) is 13.2 Å². The summed E-state index contributed by atoms with van der Waals surface area (Å²) in [6.45, 7) is 7.05. The number of benzene rings is 2. The molecule has 0 bridgehead atoms. The number of nitrogens with one attached hydrogen (secondary N) is 1. The van der Waals surface area contributed by atoms with E-state index in [0.29, 0.717) is 12.2 Å². The van der Waals surface area contributed by atoms with Crippen LogP contribution in [0.2, 0.25) is 0 Å². The van der Waals surface area contributed by atoms with Crippen LogP contribution in [-0.4, -0.2) is 45.1 Å². The maximum atomic E-state index is 12.7. The van der Waals surface area contributed by atoms with Crippen LogP contribution in [0.5, 0.6) is 0 Å². The van der Waals surface area contributed by atoms with E-state index in [2.05, 4.69) is 16.3 Å². The van der Waals surface area contributed by atoms with E-state index in [1.807, 2.05) is 44.2 Å². The molecule has 6 nitrogen and oxygen atoms in total. The number of nitrogens with zero attached hydrogens (tertiary/aromatic N) is 2. The maximum Gasteiger partial charge on any atom is 0.241 e. The van der Waals surface area contributed by atoms with Crippen molar-refractivity contribution < 1.29 is 13.2 Å². The topological polar surface area (TPSA) is 69.7 Å². The number of anilines is 1. The van der Waals surface area contributed by atoms with Gasteiger partial charge in [-0.2, -0.15) is 0 Å². The largest absolute Gasteiger partial charge is 0.350 e. The lowest BCUT2D eigenvalue weighted by atomic mass is 10.1. The molecule has 0 aromatic heterocycles. The number of amides is 1. The maximum absolute atomic E-state index is 12.7. The fourth-order valence-corrected chi connectivity index (χ4v) is 4.83. The second-order valence-electron chi connectivity index (χ2n) is 8.09. The monoisotopic (exact) mass is 429 g/mol. The van der Waals surface area contributed by atoms with E-state index >= 15 is 0 Å². The van der Waals surface area contributed by atoms with Crippen molar-refractivity contribution in [3.63, 3.8) is 0 Å². The van der Waals surface area contributed by atoms with Crippen molar-refractivity contribution in [2.24, 2.45) is 0 Å². The normalized spacial score (nSPS) is 14.6. The van der Waals surface area contributed by atoms with Crippen molar-refractivity contribution in [1.82, 2.24) is 10.2 Å². The van der Waals surface area contributed by atoms with Crippen molar-refractivity contribution in [1.29, 1.82) is 0 Å². The third-order valence-corrected chi connectivity index (χ3v) is 6.62. The number of carbonyl (C=O) groups excluding carboxylic acids is 1. The van der Waals surface area contributed by atoms with Crippen LogP contribution < -0.4 is 9.62 Å². The summed E-state index contributed by atoms with van der Waals surface area (Å²) in [5.41, 5.74) is 4.67. The van der Waals surface area contributed by atoms with E-state index in [1.54, 1.807) is 6.07 Å². The van der Waals surface area contributed by atoms with E-state index in [-0.39, 0.29) is 12.5 Å². The molecule has 0 unspecified atom stereocenters. The Balaban J connectivity index is 1.68. The molecule has 0 aliphatic carbocycles. The summed E-state index contributed by atoms with van der Waals surface area (Å²) in [7, 11) is -3.59. The lowest BCUT2D eigenvalue weighted by Gasteiger charge is -2.24. The minimum Gasteiger partial charge on any atom is -0.350 e. The van der Waals surface area contributed by atoms with Gasteiger partial charge >= 0.3 is 0 Å². The molecule has 162 valence electrons. The fourth-order valence-electron chi connectivity index (χ4n) is 3.91. The molecule has 1 amide bonds. The van der Waals surface area contributed by atoms with Crippen LogP contribution in [0.15, 0.2) is 42.5 Å². The van der Waals surface area contributed by atoms with Crippen molar-refractivity contribution >= 4 is 21.6 Å². The number of likely N-dealkylation sites (tertiary alicyclic amines) is 1. The van der Waals surface area contributed by atoms with E-state index in [1.165, 1.54) is 22.7 Å². The second kappa shape index (κ2) is 9.62. The molecule has 0 spiro atoms. The highest BCUT2D eigenvalue weighted by atomic mass is 32.2. The smallest absolute Gasteiger partial charge is 0.241 e. The number of hydrogen-bond donors (Lipinski definition) is 1. The van der Waals surface area contributed by atoms with Gasteiger partial charge in [0.05, 0.1) is 11.9 Å². The average molecular weight is 430 g/mol. The van der Waals surface area contributed by atoms with Gasteiger partial charge in [0.1, 0.15) is 6.54 Å². The Morgan fingerprint density at radius 3 is 2.37 bits per heavy atom. The summed E-state index contributed by atoms with van der Waals surface area (Å²) in [6.07, 6.45) is 3.60. The summed E-state index contributed by atoms with van der Waals surface area (Å²) in [4.78, 5) is 15.1. The zero-order valence-electron chi connectivity index (χ0n) is 18.0. The van der Waals surface area contributed by atoms with Gasteiger partial charge in [0.2, 0.25) is 15.9 Å². The Morgan fingerprint density at radius 2 is 1.73 bits per heavy atom. The number of sulfonamides is 1. The van der Waals surface area contributed by atoms with Gasteiger partial charge < -0.3 is 5.32 Å². The number of hydrogen-bond acceptors (Lipinski definition) is 4. The van der Waals surface area contributed by atoms with Crippen LogP contribution in [0.3, 0.4) is 0 Å². The average Bonchev–Trinajstić information content (AvgIpc) is 3.18. The third-order valence-electron chi connectivity index (χ3n) is 5.50. The molecule has 7 heteroatoms. The van der Waals surface area contributed by atoms with Crippen LogP contribution in [0.25, 0.3) is 0 Å².